The first-order valence-electron chi connectivity index (χ1n) is 23.1. The van der Waals surface area contributed by atoms with Crippen LogP contribution in [0.15, 0.2) is 85.3 Å². The number of aryl methyl sites for hydroxylation is 3. The van der Waals surface area contributed by atoms with E-state index in [1.54, 1.807) is 28.9 Å². The van der Waals surface area contributed by atoms with E-state index < -0.39 is 17.8 Å². The number of halogens is 3. The minimum absolute atomic E-state index is 0. The van der Waals surface area contributed by atoms with Crippen molar-refractivity contribution in [3.05, 3.63) is 118 Å². The van der Waals surface area contributed by atoms with E-state index in [4.69, 9.17) is 10.5 Å². The molecule has 0 aliphatic heterocycles. The van der Waals surface area contributed by atoms with Gasteiger partial charge in [-0.05, 0) is 110 Å². The summed E-state index contributed by atoms with van der Waals surface area (Å²) >= 11 is 9.56. The number of rotatable bonds is 20. The van der Waals surface area contributed by atoms with Gasteiger partial charge in [-0.1, -0.05) is 109 Å². The molecule has 0 amide bonds. The Hall–Kier alpha value is -4.89. The number of fused-ring (bicyclic) bond motifs is 3. The molecule has 8 aromatic heterocycles. The molecule has 0 unspecified atom stereocenters. The van der Waals surface area contributed by atoms with Gasteiger partial charge in [0.1, 0.15) is 5.69 Å². The van der Waals surface area contributed by atoms with Crippen LogP contribution in [0.25, 0.3) is 68.8 Å². The van der Waals surface area contributed by atoms with Gasteiger partial charge in [0.15, 0.2) is 0 Å². The minimum Gasteiger partial charge on any atom is -0.753 e. The van der Waals surface area contributed by atoms with Crippen molar-refractivity contribution >= 4 is 76.2 Å². The van der Waals surface area contributed by atoms with E-state index in [-0.39, 0.29) is 30.7 Å². The maximum absolute atomic E-state index is 13.2. The number of nitrogens with zero attached hydrogens (tertiary/aromatic N) is 7. The number of carbonyl (C=O) groups is 1. The topological polar surface area (TPSA) is 138 Å². The maximum atomic E-state index is 13.2. The van der Waals surface area contributed by atoms with Gasteiger partial charge in [-0.15, -0.1) is 34.0 Å². The van der Waals surface area contributed by atoms with Gasteiger partial charge in [0.05, 0.1) is 52.8 Å². The van der Waals surface area contributed by atoms with E-state index in [0.29, 0.717) is 17.1 Å². The normalized spacial score (nSPS) is 11.1. The van der Waals surface area contributed by atoms with Crippen LogP contribution in [-0.2, 0) is 44.9 Å². The first-order valence-corrected chi connectivity index (χ1v) is 26.0. The van der Waals surface area contributed by atoms with Crippen LogP contribution in [0.5, 0.6) is 0 Å². The van der Waals surface area contributed by atoms with Crippen molar-refractivity contribution in [3.8, 4) is 44.6 Å². The summed E-state index contributed by atoms with van der Waals surface area (Å²) in [5, 5.41) is 24.7. The molecule has 69 heavy (non-hydrogen) atoms. The van der Waals surface area contributed by atoms with Crippen LogP contribution in [0.2, 0.25) is 0 Å². The van der Waals surface area contributed by atoms with Gasteiger partial charge in [-0.3, -0.25) is 15.0 Å². The molecule has 8 rings (SSSR count). The molecule has 0 aliphatic rings. The first-order chi connectivity index (χ1) is 33.0. The Balaban J connectivity index is 0.000000296. The van der Waals surface area contributed by atoms with Crippen molar-refractivity contribution in [3.63, 3.8) is 0 Å². The third-order valence-corrected chi connectivity index (χ3v) is 15.6. The van der Waals surface area contributed by atoms with Gasteiger partial charge >= 0.3 is 31.6 Å². The van der Waals surface area contributed by atoms with E-state index in [2.05, 4.69) is 63.1 Å². The second-order valence-corrected chi connectivity index (χ2v) is 19.6. The molecule has 0 radical (unpaired) electrons. The molecule has 0 spiro atoms. The van der Waals surface area contributed by atoms with Crippen LogP contribution < -0.4 is 5.10 Å². The van der Waals surface area contributed by atoms with Crippen LogP contribution in [0.1, 0.15) is 130 Å². The van der Waals surface area contributed by atoms with Crippen LogP contribution in [-0.4, -0.2) is 41.3 Å². The fourth-order valence-electron chi connectivity index (χ4n) is 7.85. The Morgan fingerprint density at radius 1 is 0.667 bits per heavy atom. The number of carboxylic acid groups (broad SMARTS) is 1. The number of hydrogen-bond donors (Lipinski definition) is 1. The van der Waals surface area contributed by atoms with E-state index in [9.17, 15) is 18.0 Å². The average Bonchev–Trinajstić information content (AvgIpc) is 4.14. The van der Waals surface area contributed by atoms with E-state index in [1.165, 1.54) is 136 Å². The second kappa shape index (κ2) is 27.5. The Morgan fingerprint density at radius 2 is 1.25 bits per heavy atom. The molecule has 1 N–H and O–H groups in total. The number of aromatic carboxylic acids is 1. The predicted molar refractivity (Wildman–Crippen MR) is 277 cm³/mol. The zero-order valence-electron chi connectivity index (χ0n) is 38.8. The van der Waals surface area contributed by atoms with Gasteiger partial charge in [0.25, 0.3) is 0 Å². The van der Waals surface area contributed by atoms with E-state index in [0.717, 1.165) is 35.9 Å². The molecule has 8 aromatic rings. The number of alkyl halides is 3. The molecule has 0 fully saturated rings. The molecule has 0 saturated heterocycles. The van der Waals surface area contributed by atoms with Gasteiger partial charge in [-0.2, -0.15) is 18.3 Å². The van der Waals surface area contributed by atoms with Crippen molar-refractivity contribution in [2.45, 2.75) is 123 Å². The van der Waals surface area contributed by atoms with Crippen molar-refractivity contribution in [2.24, 2.45) is 0 Å². The fraction of sp³-hybridized carbons (Fsp3) is 0.365. The summed E-state index contributed by atoms with van der Waals surface area (Å²) in [6.07, 6.45) is 18.6. The number of hydrogen-bond acceptors (Lipinski definition) is 10. The molecule has 0 bridgehead atoms. The molecular weight excluding hydrogens is 1040 g/mol. The number of unbranched alkanes of at least 4 members (excludes halogenated alkanes) is 9. The summed E-state index contributed by atoms with van der Waals surface area (Å²) in [7, 11) is 0. The maximum Gasteiger partial charge on any atom is 2.00 e. The van der Waals surface area contributed by atoms with Gasteiger partial charge in [0.2, 0.25) is 0 Å². The van der Waals surface area contributed by atoms with Crippen molar-refractivity contribution in [2.75, 3.05) is 0 Å². The third-order valence-electron chi connectivity index (χ3n) is 11.3. The number of thiophene rings is 3. The number of carboxylic acids is 1. The molecule has 0 atom stereocenters. The Kier molecular flexibility index (Phi) is 21.9. The van der Waals surface area contributed by atoms with E-state index in [1.807, 2.05) is 76.5 Å². The Labute approximate surface area is 431 Å². The fourth-order valence-corrected chi connectivity index (χ4v) is 12.6. The zero-order chi connectivity index (χ0) is 48.5. The van der Waals surface area contributed by atoms with Gasteiger partial charge in [0, 0.05) is 28.3 Å². The molecule has 0 saturated carbocycles. The molecule has 0 aliphatic carbocycles. The predicted octanol–water partition coefficient (Wildman–Crippen LogP) is 16.2. The quantitative estimate of drug-likeness (QED) is 0.0342. The third kappa shape index (κ3) is 14.8. The van der Waals surface area contributed by atoms with Crippen molar-refractivity contribution < 1.29 is 42.6 Å². The summed E-state index contributed by atoms with van der Waals surface area (Å²) in [6, 6.07) is 18.9. The molecular formula is C52H54F3N7O2RuS4. The zero-order valence-corrected chi connectivity index (χ0v) is 43.8. The Bertz CT molecular complexity index is 2910. The number of isothiocyanates is 1. The van der Waals surface area contributed by atoms with Crippen molar-refractivity contribution in [1.29, 1.82) is 0 Å². The number of aromatic nitrogens is 6. The molecule has 362 valence electrons. The molecule has 17 heteroatoms. The van der Waals surface area contributed by atoms with Crippen molar-refractivity contribution in [1.82, 2.24) is 30.1 Å². The monoisotopic (exact) mass is 1100 g/mol. The number of thiocarbonyl (C=S) groups is 1. The van der Waals surface area contributed by atoms with Crippen LogP contribution in [0.3, 0.4) is 0 Å². The standard InChI is InChI=1S/C35H43F3N3S3.C16H11N3O2.CNS.Ru/c1-4-7-10-13-16-24-28(18-15-12-9-6-3)42-33-31(24)44-32-25(17-14-11-8-5-2)30(43-34(32)33)23-19-20-39-26(21-23)27-22-29(41-40-27)35(36,37)38;20-16(21)11-7-9-18-15(10-11)14-6-3-5-13(19-14)12-4-1-2-8-17-12;2-1-3;/h19-22H,4-18H2,1-3H3;1-10H,(H,20,21);;/q-1;;-1;+2. The second-order valence-electron chi connectivity index (χ2n) is 16.3. The summed E-state index contributed by atoms with van der Waals surface area (Å²) < 4.78 is 45.4. The molecule has 9 nitrogen and oxygen atoms in total. The SMILES string of the molecule is CCCCCCc1sc2c(sc3c(CCCCCC)c(-c4ccnc(-c5cc(C(F)(F)F)n[n-]5)c4)sc32)c1CCCCCC.O=C(O)c1ccnc(-c2cccc(-c3ccccn3)n2)c1.[N-]=C=S.[Ru+2]. The molecule has 8 heterocycles. The molecule has 0 aromatic carbocycles. The smallest absolute Gasteiger partial charge is 0.753 e. The van der Waals surface area contributed by atoms with Crippen LogP contribution in [0, 0.1) is 0 Å². The van der Waals surface area contributed by atoms with Gasteiger partial charge in [-0.25, -0.2) is 9.78 Å². The summed E-state index contributed by atoms with van der Waals surface area (Å²) in [5.41, 5.74) is 6.37. The van der Waals surface area contributed by atoms with Crippen LogP contribution in [0.4, 0.5) is 13.2 Å². The average molecular weight is 1100 g/mol. The summed E-state index contributed by atoms with van der Waals surface area (Å²) in [5.74, 6) is -0.987. The number of pyridine rings is 4. The first kappa shape index (κ1) is 55.0. The Morgan fingerprint density at radius 3 is 1.87 bits per heavy atom. The minimum atomic E-state index is -4.53. The largest absolute Gasteiger partial charge is 2.00 e. The van der Waals surface area contributed by atoms with Crippen LogP contribution >= 0.6 is 46.2 Å². The summed E-state index contributed by atoms with van der Waals surface area (Å²) in [6.45, 7) is 6.77. The summed E-state index contributed by atoms with van der Waals surface area (Å²) in [4.78, 5) is 31.1. The van der Waals surface area contributed by atoms with Gasteiger partial charge < -0.3 is 20.7 Å². The van der Waals surface area contributed by atoms with E-state index >= 15 is 0 Å².